The Kier molecular flexibility index (Phi) is 4.16. The summed E-state index contributed by atoms with van der Waals surface area (Å²) in [6.45, 7) is 4.12. The zero-order chi connectivity index (χ0) is 16.5. The molecule has 2 rings (SSSR count). The van der Waals surface area contributed by atoms with E-state index < -0.39 is 28.2 Å². The van der Waals surface area contributed by atoms with Gasteiger partial charge in [-0.25, -0.2) is 0 Å². The average Bonchev–Trinajstić information content (AvgIpc) is 2.44. The van der Waals surface area contributed by atoms with Crippen LogP contribution in [-0.4, -0.2) is 34.2 Å². The van der Waals surface area contributed by atoms with Gasteiger partial charge in [-0.15, -0.1) is 0 Å². The van der Waals surface area contributed by atoms with Gasteiger partial charge in [-0.2, -0.15) is 0 Å². The monoisotopic (exact) mass is 305 g/mol. The number of primary amides is 1. The number of benzene rings is 1. The second-order valence-corrected chi connectivity index (χ2v) is 6.17. The summed E-state index contributed by atoms with van der Waals surface area (Å²) < 4.78 is 0. The molecule has 2 amide bonds. The van der Waals surface area contributed by atoms with Crippen LogP contribution in [0, 0.1) is 15.5 Å². The number of hydrogen-bond acceptors (Lipinski definition) is 4. The normalized spacial score (nSPS) is 20.5. The summed E-state index contributed by atoms with van der Waals surface area (Å²) in [5.74, 6) is -1.11. The van der Waals surface area contributed by atoms with Crippen LogP contribution in [-0.2, 0) is 4.79 Å². The van der Waals surface area contributed by atoms with Crippen molar-refractivity contribution >= 4 is 17.5 Å². The van der Waals surface area contributed by atoms with E-state index in [1.165, 1.54) is 23.1 Å². The SMILES string of the molecule is CC1(C)CCCN(C(=O)c2ccccc2[N+](=O)[O-])[C@@H]1C(N)=O. The maximum absolute atomic E-state index is 12.7. The van der Waals surface area contributed by atoms with Gasteiger partial charge in [0, 0.05) is 12.6 Å². The molecule has 0 aromatic heterocycles. The Hall–Kier alpha value is -2.44. The summed E-state index contributed by atoms with van der Waals surface area (Å²) in [5.41, 5.74) is 4.74. The average molecular weight is 305 g/mol. The van der Waals surface area contributed by atoms with Crippen molar-refractivity contribution in [3.63, 3.8) is 0 Å². The van der Waals surface area contributed by atoms with E-state index in [1.54, 1.807) is 6.07 Å². The number of para-hydroxylation sites is 1. The minimum absolute atomic E-state index is 0.0172. The number of carbonyl (C=O) groups excluding carboxylic acids is 2. The van der Waals surface area contributed by atoms with Crippen molar-refractivity contribution < 1.29 is 14.5 Å². The van der Waals surface area contributed by atoms with Gasteiger partial charge in [0.1, 0.15) is 11.6 Å². The molecule has 0 unspecified atom stereocenters. The summed E-state index contributed by atoms with van der Waals surface area (Å²) in [4.78, 5) is 36.4. The fraction of sp³-hybridized carbons (Fsp3) is 0.467. The Morgan fingerprint density at radius 1 is 1.36 bits per heavy atom. The van der Waals surface area contributed by atoms with Crippen LogP contribution in [0.4, 0.5) is 5.69 Å². The van der Waals surface area contributed by atoms with E-state index in [9.17, 15) is 19.7 Å². The molecule has 1 aromatic carbocycles. The van der Waals surface area contributed by atoms with Crippen molar-refractivity contribution in [2.75, 3.05) is 6.54 Å². The lowest BCUT2D eigenvalue weighted by Crippen LogP contribution is -2.58. The number of amides is 2. The molecular formula is C15H19N3O4. The van der Waals surface area contributed by atoms with Crippen molar-refractivity contribution in [1.29, 1.82) is 0 Å². The topological polar surface area (TPSA) is 107 Å². The van der Waals surface area contributed by atoms with Crippen LogP contribution in [0.1, 0.15) is 37.0 Å². The van der Waals surface area contributed by atoms with Crippen LogP contribution in [0.15, 0.2) is 24.3 Å². The third-order valence-electron chi connectivity index (χ3n) is 4.13. The highest BCUT2D eigenvalue weighted by Gasteiger charge is 2.44. The molecule has 0 radical (unpaired) electrons. The van der Waals surface area contributed by atoms with Gasteiger partial charge in [-0.1, -0.05) is 26.0 Å². The lowest BCUT2D eigenvalue weighted by atomic mass is 9.76. The number of hydrogen-bond donors (Lipinski definition) is 1. The number of nitro groups is 1. The summed E-state index contributed by atoms with van der Waals surface area (Å²) in [6, 6.07) is 4.98. The first-order valence-corrected chi connectivity index (χ1v) is 7.09. The summed E-state index contributed by atoms with van der Waals surface area (Å²) in [6.07, 6.45) is 1.49. The van der Waals surface area contributed by atoms with Crippen LogP contribution < -0.4 is 5.73 Å². The van der Waals surface area contributed by atoms with Crippen LogP contribution in [0.2, 0.25) is 0 Å². The molecule has 2 N–H and O–H groups in total. The lowest BCUT2D eigenvalue weighted by Gasteiger charge is -2.44. The molecule has 0 saturated carbocycles. The summed E-state index contributed by atoms with van der Waals surface area (Å²) in [7, 11) is 0. The number of carbonyl (C=O) groups is 2. The second kappa shape index (κ2) is 5.75. The zero-order valence-corrected chi connectivity index (χ0v) is 12.6. The molecule has 118 valence electrons. The first-order valence-electron chi connectivity index (χ1n) is 7.09. The maximum atomic E-state index is 12.7. The Labute approximate surface area is 128 Å². The standard InChI is InChI=1S/C15H19N3O4/c1-15(2)8-5-9-17(12(15)13(16)19)14(20)10-6-3-4-7-11(10)18(21)22/h3-4,6-7,12H,5,8-9H2,1-2H3,(H2,16,19)/t12-/m1/s1. The highest BCUT2D eigenvalue weighted by molar-refractivity contribution is 6.00. The molecule has 1 saturated heterocycles. The zero-order valence-electron chi connectivity index (χ0n) is 12.6. The van der Waals surface area contributed by atoms with Crippen molar-refractivity contribution in [1.82, 2.24) is 4.90 Å². The number of nitrogens with two attached hydrogens (primary N) is 1. The highest BCUT2D eigenvalue weighted by atomic mass is 16.6. The van der Waals surface area contributed by atoms with Crippen molar-refractivity contribution in [2.24, 2.45) is 11.1 Å². The van der Waals surface area contributed by atoms with Gasteiger partial charge in [0.05, 0.1) is 4.92 Å². The van der Waals surface area contributed by atoms with Gasteiger partial charge in [0.2, 0.25) is 5.91 Å². The largest absolute Gasteiger partial charge is 0.368 e. The van der Waals surface area contributed by atoms with Gasteiger partial charge in [-0.05, 0) is 24.3 Å². The predicted octanol–water partition coefficient (Wildman–Crippen LogP) is 1.71. The minimum atomic E-state index is -0.770. The fourth-order valence-corrected chi connectivity index (χ4v) is 3.12. The lowest BCUT2D eigenvalue weighted by molar-refractivity contribution is -0.385. The number of likely N-dealkylation sites (tertiary alicyclic amines) is 1. The number of nitro benzene ring substituents is 1. The molecule has 1 heterocycles. The van der Waals surface area contributed by atoms with E-state index in [0.29, 0.717) is 6.54 Å². The molecular weight excluding hydrogens is 286 g/mol. The van der Waals surface area contributed by atoms with Crippen LogP contribution in [0.5, 0.6) is 0 Å². The fourth-order valence-electron chi connectivity index (χ4n) is 3.12. The van der Waals surface area contributed by atoms with E-state index in [2.05, 4.69) is 0 Å². The number of piperidine rings is 1. The van der Waals surface area contributed by atoms with E-state index in [-0.39, 0.29) is 11.3 Å². The molecule has 0 spiro atoms. The molecule has 7 nitrogen and oxygen atoms in total. The molecule has 1 aliphatic heterocycles. The molecule has 1 fully saturated rings. The Balaban J connectivity index is 2.44. The van der Waals surface area contributed by atoms with E-state index in [0.717, 1.165) is 12.8 Å². The summed E-state index contributed by atoms with van der Waals surface area (Å²) >= 11 is 0. The first-order chi connectivity index (χ1) is 10.3. The van der Waals surface area contributed by atoms with Crippen molar-refractivity contribution in [3.05, 3.63) is 39.9 Å². The highest BCUT2D eigenvalue weighted by Crippen LogP contribution is 2.36. The maximum Gasteiger partial charge on any atom is 0.282 e. The molecule has 0 aliphatic carbocycles. The smallest absolute Gasteiger partial charge is 0.282 e. The Bertz CT molecular complexity index is 627. The number of rotatable bonds is 3. The van der Waals surface area contributed by atoms with Crippen molar-refractivity contribution in [2.45, 2.75) is 32.7 Å². The van der Waals surface area contributed by atoms with E-state index in [1.807, 2.05) is 13.8 Å². The van der Waals surface area contributed by atoms with E-state index in [4.69, 9.17) is 5.73 Å². The molecule has 0 bridgehead atoms. The van der Waals surface area contributed by atoms with Gasteiger partial charge in [0.25, 0.3) is 11.6 Å². The van der Waals surface area contributed by atoms with Crippen molar-refractivity contribution in [3.8, 4) is 0 Å². The second-order valence-electron chi connectivity index (χ2n) is 6.17. The molecule has 22 heavy (non-hydrogen) atoms. The Morgan fingerprint density at radius 2 is 2.00 bits per heavy atom. The molecule has 1 aliphatic rings. The number of nitrogens with zero attached hydrogens (tertiary/aromatic N) is 2. The molecule has 1 aromatic rings. The van der Waals surface area contributed by atoms with Gasteiger partial charge in [0.15, 0.2) is 0 Å². The molecule has 7 heteroatoms. The third kappa shape index (κ3) is 2.79. The summed E-state index contributed by atoms with van der Waals surface area (Å²) in [5, 5.41) is 11.1. The third-order valence-corrected chi connectivity index (χ3v) is 4.13. The first kappa shape index (κ1) is 15.9. The van der Waals surface area contributed by atoms with Gasteiger partial charge in [-0.3, -0.25) is 19.7 Å². The van der Waals surface area contributed by atoms with E-state index >= 15 is 0 Å². The Morgan fingerprint density at radius 3 is 2.59 bits per heavy atom. The van der Waals surface area contributed by atoms with Crippen LogP contribution >= 0.6 is 0 Å². The quantitative estimate of drug-likeness (QED) is 0.677. The predicted molar refractivity (Wildman–Crippen MR) is 80.1 cm³/mol. The van der Waals surface area contributed by atoms with Crippen LogP contribution in [0.3, 0.4) is 0 Å². The van der Waals surface area contributed by atoms with Gasteiger partial charge < -0.3 is 10.6 Å². The molecule has 1 atom stereocenters. The van der Waals surface area contributed by atoms with Gasteiger partial charge >= 0.3 is 0 Å². The van der Waals surface area contributed by atoms with Crippen LogP contribution in [0.25, 0.3) is 0 Å². The minimum Gasteiger partial charge on any atom is -0.368 e.